The summed E-state index contributed by atoms with van der Waals surface area (Å²) in [7, 11) is 0. The van der Waals surface area contributed by atoms with Crippen LogP contribution in [0, 0.1) is 6.92 Å². The molecule has 3 fully saturated rings. The number of allylic oxidation sites excluding steroid dienone is 1. The highest BCUT2D eigenvalue weighted by Gasteiger charge is 2.44. The van der Waals surface area contributed by atoms with Gasteiger partial charge in [0.25, 0.3) is 5.91 Å². The van der Waals surface area contributed by atoms with Crippen molar-refractivity contribution in [2.24, 2.45) is 0 Å². The maximum absolute atomic E-state index is 14.2. The molecule has 25 heavy (non-hydrogen) atoms. The third kappa shape index (κ3) is 2.94. The van der Waals surface area contributed by atoms with Gasteiger partial charge in [0.15, 0.2) is 11.7 Å². The summed E-state index contributed by atoms with van der Waals surface area (Å²) in [6.07, 6.45) is 3.62. The van der Waals surface area contributed by atoms with E-state index in [1.54, 1.807) is 11.8 Å². The Kier molecular flexibility index (Phi) is 4.05. The first-order valence-electron chi connectivity index (χ1n) is 8.79. The normalized spacial score (nSPS) is 24.2. The minimum atomic E-state index is -0.581. The van der Waals surface area contributed by atoms with Crippen molar-refractivity contribution in [3.05, 3.63) is 23.1 Å². The molecule has 1 atom stereocenters. The van der Waals surface area contributed by atoms with Crippen LogP contribution in [0.25, 0.3) is 0 Å². The van der Waals surface area contributed by atoms with Gasteiger partial charge in [0.2, 0.25) is 11.8 Å². The summed E-state index contributed by atoms with van der Waals surface area (Å²) in [6.45, 7) is 3.03. The van der Waals surface area contributed by atoms with Crippen LogP contribution in [-0.4, -0.2) is 57.4 Å². The van der Waals surface area contributed by atoms with E-state index in [4.69, 9.17) is 4.52 Å². The van der Waals surface area contributed by atoms with Gasteiger partial charge >= 0.3 is 0 Å². The summed E-state index contributed by atoms with van der Waals surface area (Å²) in [6, 6.07) is -0.0492. The van der Waals surface area contributed by atoms with E-state index in [0.29, 0.717) is 56.2 Å². The summed E-state index contributed by atoms with van der Waals surface area (Å²) in [5.74, 6) is -0.149. The smallest absolute Gasteiger partial charge is 0.282 e. The number of likely N-dealkylation sites (tertiary alicyclic amines) is 2. The Labute approximate surface area is 144 Å². The van der Waals surface area contributed by atoms with Crippen LogP contribution in [0.1, 0.15) is 49.7 Å². The van der Waals surface area contributed by atoms with Crippen molar-refractivity contribution in [1.29, 1.82) is 0 Å². The lowest BCUT2D eigenvalue weighted by Crippen LogP contribution is -2.61. The summed E-state index contributed by atoms with van der Waals surface area (Å²) in [5.41, 5.74) is 0.650. The standard InChI is InChI=1S/C17H21FN4O3/c1-10-19-16(25-20-10)12-6-14(23)22(7-12)13-8-21(9-13)17(24)15(18)11-4-2-3-5-11/h12-13H,2-9H2,1H3. The molecule has 7 nitrogen and oxygen atoms in total. The Morgan fingerprint density at radius 3 is 2.60 bits per heavy atom. The van der Waals surface area contributed by atoms with Crippen molar-refractivity contribution in [3.8, 4) is 0 Å². The molecule has 0 radical (unpaired) electrons. The van der Waals surface area contributed by atoms with Gasteiger partial charge in [0, 0.05) is 26.1 Å². The number of nitrogens with zero attached hydrogens (tertiary/aromatic N) is 4. The molecule has 2 aliphatic heterocycles. The number of amides is 2. The Hall–Kier alpha value is -2.25. The fraction of sp³-hybridized carbons (Fsp3) is 0.647. The zero-order valence-corrected chi connectivity index (χ0v) is 14.2. The topological polar surface area (TPSA) is 79.5 Å². The average Bonchev–Trinajstić information content (AvgIpc) is 3.26. The van der Waals surface area contributed by atoms with E-state index in [1.165, 1.54) is 4.90 Å². The third-order valence-electron chi connectivity index (χ3n) is 5.35. The molecule has 0 N–H and O–H groups in total. The highest BCUT2D eigenvalue weighted by atomic mass is 19.1. The number of carbonyl (C=O) groups is 2. The van der Waals surface area contributed by atoms with Gasteiger partial charge in [-0.3, -0.25) is 9.59 Å². The average molecular weight is 348 g/mol. The van der Waals surface area contributed by atoms with Crippen LogP contribution in [0.4, 0.5) is 4.39 Å². The monoisotopic (exact) mass is 348 g/mol. The van der Waals surface area contributed by atoms with Crippen molar-refractivity contribution in [2.45, 2.75) is 51.0 Å². The molecule has 1 aromatic heterocycles. The molecular weight excluding hydrogens is 327 g/mol. The van der Waals surface area contributed by atoms with E-state index < -0.39 is 11.7 Å². The van der Waals surface area contributed by atoms with Crippen molar-refractivity contribution in [1.82, 2.24) is 19.9 Å². The zero-order valence-electron chi connectivity index (χ0n) is 14.2. The summed E-state index contributed by atoms with van der Waals surface area (Å²) in [5, 5.41) is 3.77. The molecule has 1 unspecified atom stereocenters. The number of aryl methyl sites for hydroxylation is 1. The summed E-state index contributed by atoms with van der Waals surface area (Å²) < 4.78 is 19.4. The largest absolute Gasteiger partial charge is 0.339 e. The van der Waals surface area contributed by atoms with Gasteiger partial charge in [0.05, 0.1) is 12.0 Å². The molecule has 1 saturated carbocycles. The minimum Gasteiger partial charge on any atom is -0.339 e. The Morgan fingerprint density at radius 1 is 1.24 bits per heavy atom. The number of aromatic nitrogens is 2. The minimum absolute atomic E-state index is 0.0209. The first-order valence-corrected chi connectivity index (χ1v) is 8.79. The van der Waals surface area contributed by atoms with Crippen LogP contribution < -0.4 is 0 Å². The zero-order chi connectivity index (χ0) is 17.6. The second-order valence-corrected chi connectivity index (χ2v) is 7.12. The molecule has 3 aliphatic rings. The quantitative estimate of drug-likeness (QED) is 0.777. The second kappa shape index (κ2) is 6.24. The van der Waals surface area contributed by atoms with Crippen LogP contribution in [0.15, 0.2) is 15.9 Å². The van der Waals surface area contributed by atoms with Crippen molar-refractivity contribution in [2.75, 3.05) is 19.6 Å². The summed E-state index contributed by atoms with van der Waals surface area (Å²) in [4.78, 5) is 31.9. The second-order valence-electron chi connectivity index (χ2n) is 7.12. The Bertz CT molecular complexity index is 730. The lowest BCUT2D eigenvalue weighted by molar-refractivity contribution is -0.142. The van der Waals surface area contributed by atoms with Gasteiger partial charge in [-0.2, -0.15) is 4.98 Å². The van der Waals surface area contributed by atoms with E-state index in [9.17, 15) is 14.0 Å². The number of carbonyl (C=O) groups excluding carboxylic acids is 2. The van der Waals surface area contributed by atoms with Crippen molar-refractivity contribution >= 4 is 11.8 Å². The molecule has 0 aromatic carbocycles. The number of halogens is 1. The van der Waals surface area contributed by atoms with Gasteiger partial charge in [-0.25, -0.2) is 4.39 Å². The first-order chi connectivity index (χ1) is 12.0. The molecular formula is C17H21FN4O3. The molecule has 134 valence electrons. The molecule has 8 heteroatoms. The molecule has 2 saturated heterocycles. The molecule has 1 aromatic rings. The van der Waals surface area contributed by atoms with Gasteiger partial charge < -0.3 is 14.3 Å². The summed E-state index contributed by atoms with van der Waals surface area (Å²) >= 11 is 0. The molecule has 2 amide bonds. The molecule has 4 rings (SSSR count). The first kappa shape index (κ1) is 16.2. The van der Waals surface area contributed by atoms with Crippen molar-refractivity contribution in [3.63, 3.8) is 0 Å². The van der Waals surface area contributed by atoms with Crippen LogP contribution >= 0.6 is 0 Å². The van der Waals surface area contributed by atoms with E-state index >= 15 is 0 Å². The maximum Gasteiger partial charge on any atom is 0.282 e. The van der Waals surface area contributed by atoms with E-state index in [2.05, 4.69) is 10.1 Å². The maximum atomic E-state index is 14.2. The van der Waals surface area contributed by atoms with E-state index in [0.717, 1.165) is 12.8 Å². The van der Waals surface area contributed by atoms with Crippen LogP contribution in [-0.2, 0) is 9.59 Å². The Morgan fingerprint density at radius 2 is 1.96 bits per heavy atom. The van der Waals surface area contributed by atoms with E-state index in [1.807, 2.05) is 0 Å². The van der Waals surface area contributed by atoms with Gasteiger partial charge in [-0.1, -0.05) is 5.16 Å². The lowest BCUT2D eigenvalue weighted by atomic mass is 10.1. The molecule has 0 spiro atoms. The van der Waals surface area contributed by atoms with Gasteiger partial charge in [0.1, 0.15) is 0 Å². The van der Waals surface area contributed by atoms with Gasteiger partial charge in [-0.05, 0) is 38.2 Å². The fourth-order valence-corrected chi connectivity index (χ4v) is 3.86. The Balaban J connectivity index is 1.35. The van der Waals surface area contributed by atoms with E-state index in [-0.39, 0.29) is 17.9 Å². The third-order valence-corrected chi connectivity index (χ3v) is 5.35. The van der Waals surface area contributed by atoms with Crippen LogP contribution in [0.3, 0.4) is 0 Å². The van der Waals surface area contributed by atoms with Crippen molar-refractivity contribution < 1.29 is 18.5 Å². The van der Waals surface area contributed by atoms with Crippen LogP contribution in [0.2, 0.25) is 0 Å². The SMILES string of the molecule is Cc1noc(C2CC(=O)N(C3CN(C(=O)C(F)=C4CCCC4)C3)C2)n1. The highest BCUT2D eigenvalue weighted by Crippen LogP contribution is 2.33. The fourth-order valence-electron chi connectivity index (χ4n) is 3.86. The molecule has 3 heterocycles. The molecule has 0 bridgehead atoms. The number of hydrogen-bond acceptors (Lipinski definition) is 5. The predicted octanol–water partition coefficient (Wildman–Crippen LogP) is 1.70. The number of rotatable bonds is 3. The number of hydrogen-bond donors (Lipinski definition) is 0. The van der Waals surface area contributed by atoms with Crippen LogP contribution in [0.5, 0.6) is 0 Å². The molecule has 1 aliphatic carbocycles. The lowest BCUT2D eigenvalue weighted by Gasteiger charge is -2.43. The van der Waals surface area contributed by atoms with Gasteiger partial charge in [-0.15, -0.1) is 0 Å². The highest BCUT2D eigenvalue weighted by molar-refractivity contribution is 5.93. The predicted molar refractivity (Wildman–Crippen MR) is 85.1 cm³/mol.